The highest BCUT2D eigenvalue weighted by Crippen LogP contribution is 2.54. The highest BCUT2D eigenvalue weighted by atomic mass is 14.9. The zero-order valence-corrected chi connectivity index (χ0v) is 77.1. The fraction of sp³-hybridized carbons (Fsp3) is 0.00781. The van der Waals surface area contributed by atoms with E-state index in [9.17, 15) is 5.26 Å². The Hall–Kier alpha value is -21.2. The monoisotopic (exact) mass is 1840 g/mol. The molecule has 0 atom stereocenters. The minimum atomic E-state index is -0.0861. The molecular weight excluding hydrogens is 1780 g/mol. The Kier molecular flexibility index (Phi) is 20.7. The Labute approximate surface area is 826 Å². The third-order valence-electron chi connectivity index (χ3n) is 28.0. The van der Waals surface area contributed by atoms with Gasteiger partial charge >= 0.3 is 0 Å². The lowest BCUT2D eigenvalue weighted by molar-refractivity contribution is 1.13. The molecule has 0 unspecified atom stereocenters. The number of benzene rings is 24. The summed E-state index contributed by atoms with van der Waals surface area (Å²) in [4.78, 5) is 67.7. The van der Waals surface area contributed by atoms with E-state index in [0.717, 1.165) is 120 Å². The average molecular weight is 1840 g/mol. The number of nitriles is 1. The second-order valence-corrected chi connectivity index (χ2v) is 35.3. The van der Waals surface area contributed by atoms with Crippen molar-refractivity contribution in [3.05, 3.63) is 469 Å². The largest absolute Gasteiger partial charge is 0.262 e. The first kappa shape index (κ1) is 85.5. The van der Waals surface area contributed by atoms with Crippen molar-refractivity contribution in [3.8, 4) is 28.5 Å². The fourth-order valence-corrected chi connectivity index (χ4v) is 21.9. The van der Waals surface area contributed by atoms with E-state index in [1.165, 1.54) is 113 Å². The van der Waals surface area contributed by atoms with Crippen molar-refractivity contribution in [1.29, 1.82) is 5.26 Å². The number of aromatic nitrogens is 10. The smallest absolute Gasteiger partial charge is 0.202 e. The molecule has 17 nitrogen and oxygen atoms in total. The maximum atomic E-state index is 9.93. The fourth-order valence-electron chi connectivity index (χ4n) is 21.9. The van der Waals surface area contributed by atoms with Gasteiger partial charge in [0, 0.05) is 122 Å². The van der Waals surface area contributed by atoms with Crippen molar-refractivity contribution in [2.75, 3.05) is 0 Å². The van der Waals surface area contributed by atoms with Gasteiger partial charge in [-0.05, 0) is 164 Å². The molecule has 0 saturated carbocycles. The molecule has 17 heteroatoms. The minimum absolute atomic E-state index is 0.0804. The summed E-state index contributed by atoms with van der Waals surface area (Å²) in [6.45, 7) is 47.8. The van der Waals surface area contributed by atoms with E-state index in [0.29, 0.717) is 32.6 Å². The molecule has 664 valence electrons. The van der Waals surface area contributed by atoms with Gasteiger partial charge in [-0.15, -0.1) is 0 Å². The summed E-state index contributed by atoms with van der Waals surface area (Å²) < 4.78 is 0. The van der Waals surface area contributed by atoms with Crippen LogP contribution in [-0.4, -0.2) is 49.8 Å². The molecule has 0 saturated heterocycles. The number of rotatable bonds is 2. The molecule has 0 amide bonds. The second kappa shape index (κ2) is 35.1. The van der Waals surface area contributed by atoms with Crippen LogP contribution in [0.15, 0.2) is 390 Å². The molecule has 0 radical (unpaired) electrons. The van der Waals surface area contributed by atoms with Gasteiger partial charge in [0.15, 0.2) is 17.1 Å². The summed E-state index contributed by atoms with van der Waals surface area (Å²) in [5.74, 6) is 0. The maximum absolute atomic E-state index is 9.93. The number of hydrogen-bond donors (Lipinski definition) is 0. The molecule has 0 fully saturated rings. The van der Waals surface area contributed by atoms with E-state index in [1.807, 2.05) is 85.8 Å². The first-order valence-electron chi connectivity index (χ1n) is 46.8. The van der Waals surface area contributed by atoms with Crippen LogP contribution in [0.4, 0.5) is 34.1 Å². The number of aryl methyl sites for hydroxylation is 1. The van der Waals surface area contributed by atoms with Crippen LogP contribution in [-0.2, 0) is 0 Å². The predicted molar refractivity (Wildman–Crippen MR) is 593 cm³/mol. The van der Waals surface area contributed by atoms with E-state index in [-0.39, 0.29) is 39.7 Å². The van der Waals surface area contributed by atoms with Gasteiger partial charge in [0.2, 0.25) is 17.1 Å². The van der Waals surface area contributed by atoms with Crippen molar-refractivity contribution >= 4 is 272 Å². The molecular formula is C128H67N17. The van der Waals surface area contributed by atoms with Crippen LogP contribution in [0.5, 0.6) is 0 Å². The van der Waals surface area contributed by atoms with Crippen LogP contribution < -0.4 is 0 Å². The van der Waals surface area contributed by atoms with Crippen LogP contribution in [0.25, 0.3) is 289 Å². The molecule has 5 aromatic heterocycles. The number of fused-ring (bicyclic) bond motifs is 41. The molecule has 0 aliphatic heterocycles. The Morgan fingerprint density at radius 3 is 0.945 bits per heavy atom. The summed E-state index contributed by atoms with van der Waals surface area (Å²) >= 11 is 0. The standard InChI is InChI=1S/C29H20N2.C28H10N6.2C24H14N2.C23H9N5/c1-19-29(31-18-17-30-19)28-26-15-7-5-13-23(26)22-12-4-6-14-25(22)27(28)24-16-8-10-20-9-2-3-11-21(20)24;1-30-24-20-13-19-21(12-18(20)22(14-29)25(31-2)28(24)32-3)27-26(33-10-11-34-27)17-9-8-15-6-4-5-7-16(15)23(17)19;1-3-7-17-15(5-1)10-12-20-21(17)19-11-9-16-6-2-4-8-18(16)22(19)24-23(20)25-13-14-26-24;1-3-7-17-15(5-1)9-11-19-21(17)22-18-8-4-2-6-16(18)10-12-20(22)24-23(19)25-13-14-26-24;1-24-17-12-16-19(23(26-3)22(17)25-2)18-14-7-5-4-6-13(14)8-9-15(18)20-21(16)28-11-10-27-20/h2-18H,1H3;4-13H;2*1-14H;4-12H. The van der Waals surface area contributed by atoms with Crippen molar-refractivity contribution < 1.29 is 0 Å². The normalized spacial score (nSPS) is 11.3. The number of hydrogen-bond acceptors (Lipinski definition) is 11. The van der Waals surface area contributed by atoms with Gasteiger partial charge in [-0.3, -0.25) is 78.9 Å². The van der Waals surface area contributed by atoms with Gasteiger partial charge < -0.3 is 0 Å². The van der Waals surface area contributed by atoms with Crippen molar-refractivity contribution in [2.24, 2.45) is 0 Å². The van der Waals surface area contributed by atoms with Gasteiger partial charge in [-0.2, -0.15) is 5.26 Å². The Bertz CT molecular complexity index is 10900. The molecule has 0 spiro atoms. The SMILES string of the molecule is Cc1nccnc1-c1c(-c2cccc3ccccc23)c2ccccc2c2ccccc12.[C-]#[N+]c1c([N+]#[C-])c([N+]#[C-])c2cc3c(cc2c1C#N)c1nccnc1c1ccc2ccccc2c31.[C-]#[N+]c1cc2c3nccnc3c3ccc4ccccc4c3c2c([N+]#[C-])c1[N+]#[C-].c1ccc2c(c1)ccc1c3nccnc3c3c4ccccc4ccc3c21.c1ccc2c(c1)ccc1c3nccnc3c3ccc4ccccc4c3c21. The number of nitrogens with zero attached hydrogens (tertiary/aromatic N) is 17. The first-order valence-corrected chi connectivity index (χ1v) is 46.8. The molecule has 29 aromatic rings. The average Bonchev–Trinajstić information content (AvgIpc) is 0.741. The summed E-state index contributed by atoms with van der Waals surface area (Å²) in [6, 6.07) is 116. The molecule has 0 aliphatic carbocycles. The van der Waals surface area contributed by atoms with Gasteiger partial charge in [-0.25, -0.2) is 0 Å². The third-order valence-corrected chi connectivity index (χ3v) is 28.0. The molecule has 5 heterocycles. The zero-order chi connectivity index (χ0) is 97.6. The predicted octanol–water partition coefficient (Wildman–Crippen LogP) is 34.6. The van der Waals surface area contributed by atoms with Gasteiger partial charge in [0.1, 0.15) is 0 Å². The quantitative estimate of drug-likeness (QED) is 0.0913. The van der Waals surface area contributed by atoms with Crippen LogP contribution in [0.3, 0.4) is 0 Å². The lowest BCUT2D eigenvalue weighted by atomic mass is 9.84. The summed E-state index contributed by atoms with van der Waals surface area (Å²) in [6.07, 6.45) is 17.2. The van der Waals surface area contributed by atoms with E-state index in [4.69, 9.17) is 54.4 Å². The van der Waals surface area contributed by atoms with Crippen LogP contribution in [0.2, 0.25) is 0 Å². The molecule has 145 heavy (non-hydrogen) atoms. The Morgan fingerprint density at radius 2 is 0.517 bits per heavy atom. The lowest BCUT2D eigenvalue weighted by Crippen LogP contribution is -1.97. The van der Waals surface area contributed by atoms with Crippen LogP contribution >= 0.6 is 0 Å². The summed E-state index contributed by atoms with van der Waals surface area (Å²) in [5, 5.41) is 48.7. The van der Waals surface area contributed by atoms with Crippen LogP contribution in [0.1, 0.15) is 11.3 Å². The van der Waals surface area contributed by atoms with Crippen molar-refractivity contribution in [1.82, 2.24) is 49.8 Å². The Balaban J connectivity index is 0.0000000950. The van der Waals surface area contributed by atoms with Gasteiger partial charge in [0.25, 0.3) is 0 Å². The summed E-state index contributed by atoms with van der Waals surface area (Å²) in [5.41, 5.74) is 12.6. The zero-order valence-electron chi connectivity index (χ0n) is 77.1. The summed E-state index contributed by atoms with van der Waals surface area (Å²) in [7, 11) is 0. The van der Waals surface area contributed by atoms with E-state index >= 15 is 0 Å². The molecule has 0 bridgehead atoms. The highest BCUT2D eigenvalue weighted by Gasteiger charge is 2.28. The molecule has 0 N–H and O–H groups in total. The minimum Gasteiger partial charge on any atom is -0.262 e. The third kappa shape index (κ3) is 13.6. The molecule has 24 aromatic carbocycles. The van der Waals surface area contributed by atoms with E-state index in [2.05, 4.69) is 313 Å². The van der Waals surface area contributed by atoms with E-state index in [1.54, 1.807) is 68.0 Å². The molecule has 0 aliphatic rings. The highest BCUT2D eigenvalue weighted by molar-refractivity contribution is 6.39. The topological polar surface area (TPSA) is 179 Å². The van der Waals surface area contributed by atoms with Crippen molar-refractivity contribution in [3.63, 3.8) is 0 Å². The van der Waals surface area contributed by atoms with E-state index < -0.39 is 0 Å². The first-order chi connectivity index (χ1) is 71.6. The van der Waals surface area contributed by atoms with Gasteiger partial charge in [-0.1, -0.05) is 322 Å². The Morgan fingerprint density at radius 1 is 0.200 bits per heavy atom. The van der Waals surface area contributed by atoms with Gasteiger partial charge in [0.05, 0.1) is 107 Å². The lowest BCUT2D eigenvalue weighted by Gasteiger charge is -2.19. The molecule has 29 rings (SSSR count). The maximum Gasteiger partial charge on any atom is 0.202 e. The van der Waals surface area contributed by atoms with Crippen LogP contribution in [0, 0.1) is 57.7 Å². The second-order valence-electron chi connectivity index (χ2n) is 35.3. The van der Waals surface area contributed by atoms with Crippen molar-refractivity contribution in [2.45, 2.75) is 6.92 Å².